The number of hydrogen-bond acceptors (Lipinski definition) is 3. The van der Waals surface area contributed by atoms with E-state index in [0.717, 1.165) is 31.9 Å². The molecule has 0 heterocycles. The summed E-state index contributed by atoms with van der Waals surface area (Å²) in [5, 5.41) is 0.439. The number of carbonyl (C=O) groups excluding carboxylic acids is 1. The molecule has 1 saturated carbocycles. The molecule has 1 fully saturated rings. The van der Waals surface area contributed by atoms with Crippen LogP contribution in [0.15, 0.2) is 24.3 Å². The molecule has 0 saturated heterocycles. The number of carbonyl (C=O) groups is 1. The summed E-state index contributed by atoms with van der Waals surface area (Å²) in [6, 6.07) is 6.06. The Morgan fingerprint density at radius 1 is 1.28 bits per heavy atom. The molecule has 140 valence electrons. The van der Waals surface area contributed by atoms with Crippen LogP contribution in [0.5, 0.6) is 0 Å². The summed E-state index contributed by atoms with van der Waals surface area (Å²) in [5.74, 6) is -0.153. The van der Waals surface area contributed by atoms with Gasteiger partial charge in [-0.25, -0.2) is 8.42 Å². The molecule has 0 N–H and O–H groups in total. The third-order valence-corrected chi connectivity index (χ3v) is 6.26. The van der Waals surface area contributed by atoms with Crippen LogP contribution in [0.2, 0.25) is 5.02 Å². The van der Waals surface area contributed by atoms with E-state index in [-0.39, 0.29) is 11.9 Å². The summed E-state index contributed by atoms with van der Waals surface area (Å²) in [5.41, 5.74) is 0.423. The molecule has 0 spiro atoms. The number of anilines is 1. The zero-order valence-electron chi connectivity index (χ0n) is 15.1. The van der Waals surface area contributed by atoms with Crippen molar-refractivity contribution in [2.75, 3.05) is 17.6 Å². The van der Waals surface area contributed by atoms with E-state index < -0.39 is 16.1 Å². The first-order chi connectivity index (χ1) is 11.8. The second-order valence-corrected chi connectivity index (χ2v) is 9.00. The van der Waals surface area contributed by atoms with Crippen molar-refractivity contribution < 1.29 is 13.2 Å². The Bertz CT molecular complexity index is 702. The number of halogens is 1. The van der Waals surface area contributed by atoms with E-state index in [0.29, 0.717) is 17.1 Å². The molecule has 1 atom stereocenters. The van der Waals surface area contributed by atoms with Gasteiger partial charge in [-0.15, -0.1) is 0 Å². The zero-order chi connectivity index (χ0) is 18.6. The van der Waals surface area contributed by atoms with E-state index >= 15 is 0 Å². The largest absolute Gasteiger partial charge is 0.341 e. The maximum Gasteiger partial charge on any atom is 0.246 e. The van der Waals surface area contributed by atoms with Gasteiger partial charge < -0.3 is 4.90 Å². The van der Waals surface area contributed by atoms with Gasteiger partial charge in [0.05, 0.1) is 11.9 Å². The summed E-state index contributed by atoms with van der Waals surface area (Å²) < 4.78 is 26.1. The monoisotopic (exact) mass is 386 g/mol. The van der Waals surface area contributed by atoms with E-state index in [1.807, 2.05) is 6.92 Å². The Balaban J connectivity index is 2.34. The lowest BCUT2D eigenvalue weighted by Gasteiger charge is -2.37. The van der Waals surface area contributed by atoms with Gasteiger partial charge in [-0.1, -0.05) is 43.9 Å². The molecule has 1 amide bonds. The maximum atomic E-state index is 13.1. The molecule has 7 heteroatoms. The second-order valence-electron chi connectivity index (χ2n) is 6.70. The SMILES string of the molecule is CCC(C(=O)N(C)C1CCCCC1)N(c1cccc(Cl)c1)S(C)(=O)=O. The topological polar surface area (TPSA) is 57.7 Å². The van der Waals surface area contributed by atoms with E-state index in [1.165, 1.54) is 10.7 Å². The Labute approximate surface area is 156 Å². The number of sulfonamides is 1. The molecule has 0 aliphatic heterocycles. The van der Waals surface area contributed by atoms with E-state index in [4.69, 9.17) is 11.6 Å². The number of benzene rings is 1. The van der Waals surface area contributed by atoms with Crippen LogP contribution in [0.3, 0.4) is 0 Å². The van der Waals surface area contributed by atoms with Crippen LogP contribution < -0.4 is 4.31 Å². The van der Waals surface area contributed by atoms with E-state index in [9.17, 15) is 13.2 Å². The van der Waals surface area contributed by atoms with Crippen molar-refractivity contribution in [2.24, 2.45) is 0 Å². The summed E-state index contributed by atoms with van der Waals surface area (Å²) >= 11 is 6.03. The second kappa shape index (κ2) is 8.41. The van der Waals surface area contributed by atoms with Gasteiger partial charge in [0.2, 0.25) is 15.9 Å². The molecule has 1 aliphatic rings. The Morgan fingerprint density at radius 3 is 2.44 bits per heavy atom. The lowest BCUT2D eigenvalue weighted by Crippen LogP contribution is -2.52. The molecule has 1 aliphatic carbocycles. The number of likely N-dealkylation sites (N-methyl/N-ethyl adjacent to an activating group) is 1. The predicted octanol–water partition coefficient (Wildman–Crippen LogP) is 3.68. The first-order valence-electron chi connectivity index (χ1n) is 8.77. The Kier molecular flexibility index (Phi) is 6.74. The van der Waals surface area contributed by atoms with Gasteiger partial charge in [-0.05, 0) is 37.5 Å². The van der Waals surface area contributed by atoms with Crippen LogP contribution in [-0.4, -0.2) is 44.6 Å². The number of amides is 1. The van der Waals surface area contributed by atoms with Crippen molar-refractivity contribution in [1.29, 1.82) is 0 Å². The van der Waals surface area contributed by atoms with Crippen molar-refractivity contribution in [1.82, 2.24) is 4.90 Å². The van der Waals surface area contributed by atoms with Crippen LogP contribution in [-0.2, 0) is 14.8 Å². The summed E-state index contributed by atoms with van der Waals surface area (Å²) in [4.78, 5) is 14.9. The van der Waals surface area contributed by atoms with Crippen molar-refractivity contribution in [3.63, 3.8) is 0 Å². The van der Waals surface area contributed by atoms with Crippen LogP contribution in [0.25, 0.3) is 0 Å². The zero-order valence-corrected chi connectivity index (χ0v) is 16.7. The third kappa shape index (κ3) is 4.88. The van der Waals surface area contributed by atoms with Crippen molar-refractivity contribution in [2.45, 2.75) is 57.5 Å². The Hall–Kier alpha value is -1.27. The number of hydrogen-bond donors (Lipinski definition) is 0. The molecule has 0 radical (unpaired) electrons. The van der Waals surface area contributed by atoms with Gasteiger partial charge >= 0.3 is 0 Å². The predicted molar refractivity (Wildman–Crippen MR) is 102 cm³/mol. The van der Waals surface area contributed by atoms with Crippen molar-refractivity contribution >= 4 is 33.2 Å². The van der Waals surface area contributed by atoms with Crippen LogP contribution >= 0.6 is 11.6 Å². The first-order valence-corrected chi connectivity index (χ1v) is 11.0. The highest BCUT2D eigenvalue weighted by Gasteiger charge is 2.35. The van der Waals surface area contributed by atoms with Gasteiger partial charge in [0, 0.05) is 18.1 Å². The van der Waals surface area contributed by atoms with Gasteiger partial charge in [0.25, 0.3) is 0 Å². The molecule has 0 bridgehead atoms. The minimum Gasteiger partial charge on any atom is -0.341 e. The number of rotatable bonds is 6. The van der Waals surface area contributed by atoms with Crippen molar-refractivity contribution in [3.8, 4) is 0 Å². The standard InChI is InChI=1S/C18H27ClN2O3S/c1-4-17(18(22)20(2)15-10-6-5-7-11-15)21(25(3,23)24)16-12-8-9-14(19)13-16/h8-9,12-13,15,17H,4-7,10-11H2,1-3H3. The van der Waals surface area contributed by atoms with Gasteiger partial charge in [-0.3, -0.25) is 9.10 Å². The molecule has 1 unspecified atom stereocenters. The normalized spacial score (nSPS) is 17.1. The smallest absolute Gasteiger partial charge is 0.246 e. The summed E-state index contributed by atoms with van der Waals surface area (Å²) in [7, 11) is -1.84. The molecule has 1 aromatic rings. The maximum absolute atomic E-state index is 13.1. The fourth-order valence-electron chi connectivity index (χ4n) is 3.54. The van der Waals surface area contributed by atoms with Gasteiger partial charge in [-0.2, -0.15) is 0 Å². The van der Waals surface area contributed by atoms with Crippen molar-refractivity contribution in [3.05, 3.63) is 29.3 Å². The minimum absolute atomic E-state index is 0.153. The summed E-state index contributed by atoms with van der Waals surface area (Å²) in [6.07, 6.45) is 6.92. The van der Waals surface area contributed by atoms with Gasteiger partial charge in [0.1, 0.15) is 6.04 Å². The molecule has 5 nitrogen and oxygen atoms in total. The fourth-order valence-corrected chi connectivity index (χ4v) is 4.92. The summed E-state index contributed by atoms with van der Waals surface area (Å²) in [6.45, 7) is 1.83. The van der Waals surface area contributed by atoms with Crippen LogP contribution in [0, 0.1) is 0 Å². The first kappa shape index (κ1) is 20.0. The molecule has 25 heavy (non-hydrogen) atoms. The quantitative estimate of drug-likeness (QED) is 0.749. The lowest BCUT2D eigenvalue weighted by atomic mass is 9.94. The fraction of sp³-hybridized carbons (Fsp3) is 0.611. The molecular formula is C18H27ClN2O3S. The average Bonchev–Trinajstić information content (AvgIpc) is 2.58. The van der Waals surface area contributed by atoms with Gasteiger partial charge in [0.15, 0.2) is 0 Å². The third-order valence-electron chi connectivity index (χ3n) is 4.84. The van der Waals surface area contributed by atoms with Crippen LogP contribution in [0.1, 0.15) is 45.4 Å². The highest BCUT2D eigenvalue weighted by atomic mass is 35.5. The lowest BCUT2D eigenvalue weighted by molar-refractivity contribution is -0.133. The van der Waals surface area contributed by atoms with E-state index in [1.54, 1.807) is 36.2 Å². The minimum atomic E-state index is -3.63. The van der Waals surface area contributed by atoms with Crippen LogP contribution in [0.4, 0.5) is 5.69 Å². The molecule has 0 aromatic heterocycles. The Morgan fingerprint density at radius 2 is 1.92 bits per heavy atom. The molecule has 2 rings (SSSR count). The number of nitrogens with zero attached hydrogens (tertiary/aromatic N) is 2. The molecular weight excluding hydrogens is 360 g/mol. The highest BCUT2D eigenvalue weighted by molar-refractivity contribution is 7.92. The van der Waals surface area contributed by atoms with E-state index in [2.05, 4.69) is 0 Å². The molecule has 1 aromatic carbocycles. The average molecular weight is 387 g/mol. The highest BCUT2D eigenvalue weighted by Crippen LogP contribution is 2.28.